The molecule has 0 aromatic heterocycles. The van der Waals surface area contributed by atoms with Gasteiger partial charge in [-0.25, -0.2) is 4.39 Å². The molecule has 0 saturated carbocycles. The minimum atomic E-state index is -0.408. The van der Waals surface area contributed by atoms with Crippen molar-refractivity contribution in [3.05, 3.63) is 83.7 Å². The first-order chi connectivity index (χ1) is 17.4. The number of rotatable bonds is 7. The lowest BCUT2D eigenvalue weighted by molar-refractivity contribution is 0.0942. The summed E-state index contributed by atoms with van der Waals surface area (Å²) in [5.41, 5.74) is 3.19. The number of para-hydroxylation sites is 2. The second kappa shape index (κ2) is 11.1. The number of hydrogen-bond acceptors (Lipinski definition) is 5. The Balaban J connectivity index is 1.54. The number of nitrogens with one attached hydrogen (secondary N) is 2. The second-order valence-electron chi connectivity index (χ2n) is 8.97. The Morgan fingerprint density at radius 1 is 0.861 bits per heavy atom. The van der Waals surface area contributed by atoms with Gasteiger partial charge in [0.2, 0.25) is 0 Å². The zero-order valence-electron chi connectivity index (χ0n) is 20.8. The smallest absolute Gasteiger partial charge is 0.255 e. The molecule has 2 amide bonds. The molecule has 7 nitrogen and oxygen atoms in total. The number of piperazine rings is 1. The summed E-state index contributed by atoms with van der Waals surface area (Å²) in [5, 5.41) is 5.78. The molecular weight excluding hydrogens is 459 g/mol. The number of benzene rings is 3. The van der Waals surface area contributed by atoms with E-state index in [-0.39, 0.29) is 17.9 Å². The Morgan fingerprint density at radius 2 is 1.50 bits per heavy atom. The van der Waals surface area contributed by atoms with E-state index >= 15 is 0 Å². The molecular formula is C28H31FN4O3. The van der Waals surface area contributed by atoms with Crippen LogP contribution < -0.4 is 25.2 Å². The Bertz CT molecular complexity index is 1220. The SMILES string of the molecule is COc1ccccc1N1CCN(c2ccc(NC(=O)c3ccc(F)cc3)cc2C(=O)NC(C)C)CC1. The van der Waals surface area contributed by atoms with Crippen molar-refractivity contribution in [2.24, 2.45) is 0 Å². The predicted octanol–water partition coefficient (Wildman–Crippen LogP) is 4.55. The molecule has 1 aliphatic heterocycles. The van der Waals surface area contributed by atoms with Crippen LogP contribution in [0.2, 0.25) is 0 Å². The van der Waals surface area contributed by atoms with Crippen LogP contribution >= 0.6 is 0 Å². The van der Waals surface area contributed by atoms with Gasteiger partial charge in [0.1, 0.15) is 11.6 Å². The minimum Gasteiger partial charge on any atom is -0.495 e. The summed E-state index contributed by atoms with van der Waals surface area (Å²) in [6.07, 6.45) is 0. The van der Waals surface area contributed by atoms with E-state index in [0.29, 0.717) is 16.8 Å². The van der Waals surface area contributed by atoms with Crippen molar-refractivity contribution < 1.29 is 18.7 Å². The zero-order valence-corrected chi connectivity index (χ0v) is 20.8. The maximum Gasteiger partial charge on any atom is 0.255 e. The van der Waals surface area contributed by atoms with Crippen LogP contribution in [0.3, 0.4) is 0 Å². The number of halogens is 1. The fraction of sp³-hybridized carbons (Fsp3) is 0.286. The summed E-state index contributed by atoms with van der Waals surface area (Å²) >= 11 is 0. The highest BCUT2D eigenvalue weighted by atomic mass is 19.1. The first-order valence-electron chi connectivity index (χ1n) is 12.0. The highest BCUT2D eigenvalue weighted by molar-refractivity contribution is 6.06. The predicted molar refractivity (Wildman–Crippen MR) is 141 cm³/mol. The second-order valence-corrected chi connectivity index (χ2v) is 8.97. The fourth-order valence-corrected chi connectivity index (χ4v) is 4.30. The van der Waals surface area contributed by atoms with Crippen molar-refractivity contribution >= 4 is 28.9 Å². The van der Waals surface area contributed by atoms with Crippen LogP contribution in [0.25, 0.3) is 0 Å². The molecule has 3 aromatic carbocycles. The number of carbonyl (C=O) groups is 2. The minimum absolute atomic E-state index is 0.0368. The lowest BCUT2D eigenvalue weighted by Gasteiger charge is -2.38. The van der Waals surface area contributed by atoms with Crippen molar-refractivity contribution in [3.8, 4) is 5.75 Å². The Morgan fingerprint density at radius 3 is 2.14 bits per heavy atom. The topological polar surface area (TPSA) is 73.9 Å². The van der Waals surface area contributed by atoms with Gasteiger partial charge in [-0.05, 0) is 68.4 Å². The monoisotopic (exact) mass is 490 g/mol. The van der Waals surface area contributed by atoms with Gasteiger partial charge in [-0.2, -0.15) is 0 Å². The van der Waals surface area contributed by atoms with Crippen LogP contribution in [-0.2, 0) is 0 Å². The molecule has 1 fully saturated rings. The normalized spacial score (nSPS) is 13.5. The standard InChI is InChI=1S/C28H31FN4O3/c1-19(2)30-28(35)23-18-22(31-27(34)20-8-10-21(29)11-9-20)12-13-24(23)32-14-16-33(17-15-32)25-6-4-5-7-26(25)36-3/h4-13,18-19H,14-17H2,1-3H3,(H,30,35)(H,31,34). The van der Waals surface area contributed by atoms with Gasteiger partial charge in [0.25, 0.3) is 11.8 Å². The lowest BCUT2D eigenvalue weighted by atomic mass is 10.1. The van der Waals surface area contributed by atoms with Gasteiger partial charge < -0.3 is 25.2 Å². The largest absolute Gasteiger partial charge is 0.495 e. The fourth-order valence-electron chi connectivity index (χ4n) is 4.30. The van der Waals surface area contributed by atoms with Gasteiger partial charge in [-0.1, -0.05) is 12.1 Å². The molecule has 4 rings (SSSR count). The first kappa shape index (κ1) is 25.0. The molecule has 0 unspecified atom stereocenters. The summed E-state index contributed by atoms with van der Waals surface area (Å²) < 4.78 is 18.7. The van der Waals surface area contributed by atoms with Crippen LogP contribution in [0.1, 0.15) is 34.6 Å². The van der Waals surface area contributed by atoms with Gasteiger partial charge in [0.15, 0.2) is 0 Å². The van der Waals surface area contributed by atoms with Crippen molar-refractivity contribution in [2.75, 3.05) is 48.4 Å². The Hall–Kier alpha value is -4.07. The average Bonchev–Trinajstić information content (AvgIpc) is 2.88. The molecule has 3 aromatic rings. The number of methoxy groups -OCH3 is 1. The summed E-state index contributed by atoms with van der Waals surface area (Å²) in [4.78, 5) is 30.2. The van der Waals surface area contributed by atoms with E-state index in [1.54, 1.807) is 19.2 Å². The number of hydrogen-bond donors (Lipinski definition) is 2. The Labute approximate surface area is 210 Å². The molecule has 1 saturated heterocycles. The van der Waals surface area contributed by atoms with Crippen LogP contribution in [0.15, 0.2) is 66.7 Å². The van der Waals surface area contributed by atoms with E-state index in [9.17, 15) is 14.0 Å². The molecule has 36 heavy (non-hydrogen) atoms. The van der Waals surface area contributed by atoms with Gasteiger partial charge >= 0.3 is 0 Å². The molecule has 0 atom stereocenters. The maximum atomic E-state index is 13.2. The van der Waals surface area contributed by atoms with Crippen LogP contribution in [0.5, 0.6) is 5.75 Å². The summed E-state index contributed by atoms with van der Waals surface area (Å²) in [6, 6.07) is 18.6. The first-order valence-corrected chi connectivity index (χ1v) is 12.0. The third-order valence-corrected chi connectivity index (χ3v) is 6.07. The van der Waals surface area contributed by atoms with Crippen molar-refractivity contribution in [2.45, 2.75) is 19.9 Å². The van der Waals surface area contributed by atoms with Crippen molar-refractivity contribution in [1.29, 1.82) is 0 Å². The summed E-state index contributed by atoms with van der Waals surface area (Å²) in [5.74, 6) is -0.146. The van der Waals surface area contributed by atoms with Gasteiger partial charge in [-0.3, -0.25) is 9.59 Å². The molecule has 188 valence electrons. The number of amides is 2. The molecule has 1 aliphatic rings. The number of ether oxygens (including phenoxy) is 1. The van der Waals surface area contributed by atoms with Crippen LogP contribution in [-0.4, -0.2) is 51.1 Å². The molecule has 0 bridgehead atoms. The van der Waals surface area contributed by atoms with E-state index in [2.05, 4.69) is 26.5 Å². The van der Waals surface area contributed by atoms with Crippen LogP contribution in [0.4, 0.5) is 21.5 Å². The molecule has 0 aliphatic carbocycles. The van der Waals surface area contributed by atoms with E-state index in [1.165, 1.54) is 24.3 Å². The number of anilines is 3. The highest BCUT2D eigenvalue weighted by Gasteiger charge is 2.24. The van der Waals surface area contributed by atoms with Gasteiger partial charge in [0, 0.05) is 49.2 Å². The van der Waals surface area contributed by atoms with E-state index in [0.717, 1.165) is 43.3 Å². The lowest BCUT2D eigenvalue weighted by Crippen LogP contribution is -2.47. The van der Waals surface area contributed by atoms with Crippen molar-refractivity contribution in [1.82, 2.24) is 5.32 Å². The number of nitrogens with zero attached hydrogens (tertiary/aromatic N) is 2. The van der Waals surface area contributed by atoms with Crippen molar-refractivity contribution in [3.63, 3.8) is 0 Å². The third-order valence-electron chi connectivity index (χ3n) is 6.07. The van der Waals surface area contributed by atoms with E-state index in [4.69, 9.17) is 4.74 Å². The molecule has 1 heterocycles. The van der Waals surface area contributed by atoms with Gasteiger partial charge in [-0.15, -0.1) is 0 Å². The third kappa shape index (κ3) is 5.76. The van der Waals surface area contributed by atoms with Gasteiger partial charge in [0.05, 0.1) is 18.4 Å². The molecule has 2 N–H and O–H groups in total. The van der Waals surface area contributed by atoms with E-state index < -0.39 is 5.82 Å². The molecule has 8 heteroatoms. The average molecular weight is 491 g/mol. The molecule has 0 radical (unpaired) electrons. The number of carbonyl (C=O) groups excluding carboxylic acids is 2. The Kier molecular flexibility index (Phi) is 7.73. The summed E-state index contributed by atoms with van der Waals surface area (Å²) in [7, 11) is 1.67. The van der Waals surface area contributed by atoms with E-state index in [1.807, 2.05) is 38.1 Å². The zero-order chi connectivity index (χ0) is 25.7. The summed E-state index contributed by atoms with van der Waals surface area (Å²) in [6.45, 7) is 6.80. The highest BCUT2D eigenvalue weighted by Crippen LogP contribution is 2.31. The maximum absolute atomic E-state index is 13.2. The quantitative estimate of drug-likeness (QED) is 0.508. The van der Waals surface area contributed by atoms with Crippen LogP contribution in [0, 0.1) is 5.82 Å². The molecule has 0 spiro atoms.